The number of likely N-dealkylation sites (tertiary alicyclic amines) is 1. The van der Waals surface area contributed by atoms with E-state index in [0.29, 0.717) is 0 Å². The Kier molecular flexibility index (Phi) is 10.2. The van der Waals surface area contributed by atoms with E-state index in [1.54, 1.807) is 6.92 Å². The number of aliphatic hydroxyl groups is 1. The summed E-state index contributed by atoms with van der Waals surface area (Å²) < 4.78 is 0. The average Bonchev–Trinajstić information content (AvgIpc) is 2.71. The minimum atomic E-state index is -0.745. The first-order valence-corrected chi connectivity index (χ1v) is 9.71. The maximum Gasteiger partial charge on any atom is 0.303 e. The number of benzene rings is 2. The molecule has 1 saturated heterocycles. The molecule has 0 aromatic heterocycles. The Labute approximate surface area is 174 Å². The maximum atomic E-state index is 11.1. The van der Waals surface area contributed by atoms with Gasteiger partial charge in [0.25, 0.3) is 0 Å². The van der Waals surface area contributed by atoms with Crippen LogP contribution in [0.5, 0.6) is 0 Å². The van der Waals surface area contributed by atoms with Crippen LogP contribution >= 0.6 is 12.4 Å². The van der Waals surface area contributed by atoms with Gasteiger partial charge >= 0.3 is 5.97 Å². The van der Waals surface area contributed by atoms with E-state index in [0.717, 1.165) is 38.0 Å². The third kappa shape index (κ3) is 6.93. The molecule has 0 saturated carbocycles. The quantitative estimate of drug-likeness (QED) is 0.775. The van der Waals surface area contributed by atoms with Gasteiger partial charge in [-0.2, -0.15) is 0 Å². The van der Waals surface area contributed by atoms with E-state index in [1.165, 1.54) is 5.56 Å². The summed E-state index contributed by atoms with van der Waals surface area (Å²) in [6.07, 6.45) is 2.12. The van der Waals surface area contributed by atoms with Crippen LogP contribution in [0.2, 0.25) is 0 Å². The lowest BCUT2D eigenvalue weighted by atomic mass is 9.77. The summed E-state index contributed by atoms with van der Waals surface area (Å²) in [7, 11) is 0. The molecule has 0 radical (unpaired) electrons. The van der Waals surface area contributed by atoms with Crippen molar-refractivity contribution in [3.8, 4) is 0 Å². The van der Waals surface area contributed by atoms with Crippen molar-refractivity contribution in [2.24, 2.45) is 5.92 Å². The highest BCUT2D eigenvalue weighted by Crippen LogP contribution is 2.37. The lowest BCUT2D eigenvalue weighted by molar-refractivity contribution is -0.136. The molecule has 0 spiro atoms. The summed E-state index contributed by atoms with van der Waals surface area (Å²) in [6.45, 7) is 6.75. The van der Waals surface area contributed by atoms with Gasteiger partial charge in [-0.25, -0.2) is 0 Å². The fourth-order valence-corrected chi connectivity index (χ4v) is 3.50. The third-order valence-electron chi connectivity index (χ3n) is 5.29. The topological polar surface area (TPSA) is 60.8 Å². The predicted octanol–water partition coefficient (Wildman–Crippen LogP) is 4.36. The fraction of sp³-hybridized carbons (Fsp3) is 0.435. The van der Waals surface area contributed by atoms with Crippen molar-refractivity contribution in [2.45, 2.75) is 38.7 Å². The molecule has 1 aliphatic rings. The van der Waals surface area contributed by atoms with E-state index in [-0.39, 0.29) is 24.7 Å². The molecule has 2 unspecified atom stereocenters. The zero-order valence-corrected chi connectivity index (χ0v) is 17.6. The lowest BCUT2D eigenvalue weighted by Crippen LogP contribution is -2.49. The first kappa shape index (κ1) is 24.2. The molecule has 1 heterocycles. The first-order valence-electron chi connectivity index (χ1n) is 9.71. The van der Waals surface area contributed by atoms with Gasteiger partial charge in [-0.05, 0) is 24.0 Å². The second-order valence-electron chi connectivity index (χ2n) is 7.22. The fourth-order valence-electron chi connectivity index (χ4n) is 3.50. The van der Waals surface area contributed by atoms with Gasteiger partial charge in [0, 0.05) is 32.0 Å². The van der Waals surface area contributed by atoms with E-state index < -0.39 is 11.6 Å². The molecule has 4 nitrogen and oxygen atoms in total. The Hall–Kier alpha value is -1.88. The van der Waals surface area contributed by atoms with Crippen molar-refractivity contribution in [3.05, 3.63) is 71.8 Å². The van der Waals surface area contributed by atoms with Crippen molar-refractivity contribution in [1.82, 2.24) is 4.90 Å². The van der Waals surface area contributed by atoms with Crippen molar-refractivity contribution >= 4 is 18.4 Å². The molecule has 2 aromatic carbocycles. The van der Waals surface area contributed by atoms with Gasteiger partial charge in [0.15, 0.2) is 0 Å². The van der Waals surface area contributed by atoms with E-state index in [9.17, 15) is 9.90 Å². The van der Waals surface area contributed by atoms with Crippen LogP contribution in [0.15, 0.2) is 60.7 Å². The zero-order valence-electron chi connectivity index (χ0n) is 16.8. The Balaban J connectivity index is 0.000000584. The summed E-state index contributed by atoms with van der Waals surface area (Å²) in [4.78, 5) is 11.8. The van der Waals surface area contributed by atoms with Crippen LogP contribution in [-0.2, 0) is 16.8 Å². The SMILES string of the molecule is CC1CN(CCc2ccccc2)CCC1(O)c1ccccc1.CCC(=O)O.Cl. The number of hydrogen-bond donors (Lipinski definition) is 2. The molecule has 28 heavy (non-hydrogen) atoms. The highest BCUT2D eigenvalue weighted by atomic mass is 35.5. The van der Waals surface area contributed by atoms with Gasteiger partial charge in [0.1, 0.15) is 0 Å². The largest absolute Gasteiger partial charge is 0.481 e. The molecule has 2 aromatic rings. The highest BCUT2D eigenvalue weighted by molar-refractivity contribution is 5.85. The van der Waals surface area contributed by atoms with E-state index in [4.69, 9.17) is 5.11 Å². The Morgan fingerprint density at radius 3 is 2.14 bits per heavy atom. The van der Waals surface area contributed by atoms with E-state index in [2.05, 4.69) is 54.3 Å². The van der Waals surface area contributed by atoms with Gasteiger partial charge < -0.3 is 15.1 Å². The number of carbonyl (C=O) groups is 1. The summed E-state index contributed by atoms with van der Waals surface area (Å²) in [5, 5.41) is 18.8. The molecule has 1 aliphatic heterocycles. The minimum absolute atomic E-state index is 0. The summed E-state index contributed by atoms with van der Waals surface area (Å²) >= 11 is 0. The van der Waals surface area contributed by atoms with Crippen molar-refractivity contribution in [1.29, 1.82) is 0 Å². The van der Waals surface area contributed by atoms with Crippen LogP contribution in [0.3, 0.4) is 0 Å². The normalized spacial score (nSPS) is 21.8. The van der Waals surface area contributed by atoms with Crippen LogP contribution in [0, 0.1) is 5.92 Å². The van der Waals surface area contributed by atoms with E-state index in [1.807, 2.05) is 18.2 Å². The number of halogens is 1. The van der Waals surface area contributed by atoms with Crippen molar-refractivity contribution in [2.75, 3.05) is 19.6 Å². The minimum Gasteiger partial charge on any atom is -0.481 e. The molecule has 0 bridgehead atoms. The summed E-state index contributed by atoms with van der Waals surface area (Å²) in [5.74, 6) is -0.496. The Morgan fingerprint density at radius 1 is 1.11 bits per heavy atom. The zero-order chi connectivity index (χ0) is 19.7. The lowest BCUT2D eigenvalue weighted by Gasteiger charge is -2.43. The number of carboxylic acid groups (broad SMARTS) is 1. The molecule has 5 heteroatoms. The molecule has 154 valence electrons. The van der Waals surface area contributed by atoms with Gasteiger partial charge in [-0.1, -0.05) is 74.5 Å². The van der Waals surface area contributed by atoms with Gasteiger partial charge in [0.05, 0.1) is 5.60 Å². The first-order chi connectivity index (χ1) is 13.0. The second kappa shape index (κ2) is 11.8. The molecule has 2 atom stereocenters. The monoisotopic (exact) mass is 405 g/mol. The van der Waals surface area contributed by atoms with Crippen molar-refractivity contribution in [3.63, 3.8) is 0 Å². The second-order valence-corrected chi connectivity index (χ2v) is 7.22. The van der Waals surface area contributed by atoms with Crippen LogP contribution < -0.4 is 0 Å². The summed E-state index contributed by atoms with van der Waals surface area (Å²) in [5.41, 5.74) is 1.77. The molecular weight excluding hydrogens is 374 g/mol. The van der Waals surface area contributed by atoms with Crippen LogP contribution in [0.1, 0.15) is 37.8 Å². The highest BCUT2D eigenvalue weighted by Gasteiger charge is 2.39. The number of rotatable bonds is 5. The maximum absolute atomic E-state index is 11.1. The van der Waals surface area contributed by atoms with Crippen molar-refractivity contribution < 1.29 is 15.0 Å². The van der Waals surface area contributed by atoms with Crippen LogP contribution in [-0.4, -0.2) is 40.7 Å². The van der Waals surface area contributed by atoms with Crippen LogP contribution in [0.25, 0.3) is 0 Å². The van der Waals surface area contributed by atoms with Gasteiger partial charge in [0.2, 0.25) is 0 Å². The number of hydrogen-bond acceptors (Lipinski definition) is 3. The molecule has 3 rings (SSSR count). The average molecular weight is 406 g/mol. The predicted molar refractivity (Wildman–Crippen MR) is 116 cm³/mol. The Morgan fingerprint density at radius 2 is 1.64 bits per heavy atom. The number of carboxylic acids is 1. The van der Waals surface area contributed by atoms with Gasteiger partial charge in [-0.3, -0.25) is 4.79 Å². The summed E-state index contributed by atoms with van der Waals surface area (Å²) in [6, 6.07) is 20.8. The van der Waals surface area contributed by atoms with Crippen LogP contribution in [0.4, 0.5) is 0 Å². The standard InChI is InChI=1S/C20H25NO.C3H6O2.ClH/c1-17-16-21(14-12-18-8-4-2-5-9-18)15-13-20(17,22)19-10-6-3-7-11-19;1-2-3(4)5;/h2-11,17,22H,12-16H2,1H3;2H2,1H3,(H,4,5);1H. The molecule has 2 N–H and O–H groups in total. The number of aliphatic carboxylic acids is 1. The molecular formula is C23H32ClNO3. The molecule has 1 fully saturated rings. The number of nitrogens with zero attached hydrogens (tertiary/aromatic N) is 1. The smallest absolute Gasteiger partial charge is 0.303 e. The number of piperidine rings is 1. The molecule has 0 amide bonds. The van der Waals surface area contributed by atoms with Gasteiger partial charge in [-0.15, -0.1) is 12.4 Å². The third-order valence-corrected chi connectivity index (χ3v) is 5.29. The molecule has 0 aliphatic carbocycles. The van der Waals surface area contributed by atoms with E-state index >= 15 is 0 Å². The Bertz CT molecular complexity index is 696.